The van der Waals surface area contributed by atoms with Crippen LogP contribution in [0.15, 0.2) is 42.5 Å². The first kappa shape index (κ1) is 22.4. The van der Waals surface area contributed by atoms with E-state index in [4.69, 9.17) is 14.6 Å². The molecule has 2 heterocycles. The zero-order valence-corrected chi connectivity index (χ0v) is 19.6. The van der Waals surface area contributed by atoms with Crippen LogP contribution >= 0.6 is 0 Å². The van der Waals surface area contributed by atoms with E-state index in [1.165, 1.54) is 12.1 Å². The third-order valence-electron chi connectivity index (χ3n) is 6.75. The van der Waals surface area contributed by atoms with Crippen molar-refractivity contribution in [1.82, 2.24) is 19.6 Å². The molecular weight excluding hydrogens is 435 g/mol. The Morgan fingerprint density at radius 2 is 1.76 bits per heavy atom. The maximum Gasteiger partial charge on any atom is 0.274 e. The predicted octanol–water partition coefficient (Wildman–Crippen LogP) is 3.48. The van der Waals surface area contributed by atoms with E-state index >= 15 is 0 Å². The summed E-state index contributed by atoms with van der Waals surface area (Å²) in [5.74, 6) is 1.34. The molecule has 0 saturated carbocycles. The minimum Gasteiger partial charge on any atom is -0.497 e. The Morgan fingerprint density at radius 3 is 2.47 bits per heavy atom. The Kier molecular flexibility index (Phi) is 6.24. The number of fused-ring (bicyclic) bond motifs is 1. The van der Waals surface area contributed by atoms with Crippen LogP contribution in [0, 0.1) is 5.82 Å². The van der Waals surface area contributed by atoms with Gasteiger partial charge in [-0.05, 0) is 61.7 Å². The third-order valence-corrected chi connectivity index (χ3v) is 6.75. The summed E-state index contributed by atoms with van der Waals surface area (Å²) in [6, 6.07) is 12.1. The van der Waals surface area contributed by atoms with E-state index < -0.39 is 0 Å². The molecule has 0 unspecified atom stereocenters. The van der Waals surface area contributed by atoms with Gasteiger partial charge in [-0.2, -0.15) is 5.10 Å². The van der Waals surface area contributed by atoms with Gasteiger partial charge in [0.15, 0.2) is 5.69 Å². The van der Waals surface area contributed by atoms with E-state index in [2.05, 4.69) is 4.90 Å². The maximum atomic E-state index is 13.4. The number of piperazine rings is 1. The highest BCUT2D eigenvalue weighted by Crippen LogP contribution is 2.29. The van der Waals surface area contributed by atoms with E-state index in [1.54, 1.807) is 26.4 Å². The van der Waals surface area contributed by atoms with Gasteiger partial charge in [-0.1, -0.05) is 0 Å². The molecule has 8 heteroatoms. The fraction of sp³-hybridized carbons (Fsp3) is 0.385. The van der Waals surface area contributed by atoms with Crippen molar-refractivity contribution in [1.29, 1.82) is 0 Å². The maximum absolute atomic E-state index is 13.4. The predicted molar refractivity (Wildman–Crippen MR) is 126 cm³/mol. The van der Waals surface area contributed by atoms with Crippen molar-refractivity contribution in [3.05, 3.63) is 70.8 Å². The highest BCUT2D eigenvalue weighted by atomic mass is 19.1. The van der Waals surface area contributed by atoms with Crippen molar-refractivity contribution in [2.45, 2.75) is 25.8 Å². The summed E-state index contributed by atoms with van der Waals surface area (Å²) in [5.41, 5.74) is 4.50. The van der Waals surface area contributed by atoms with E-state index in [0.29, 0.717) is 18.8 Å². The van der Waals surface area contributed by atoms with Crippen LogP contribution in [0.4, 0.5) is 4.39 Å². The number of amides is 1. The average Bonchev–Trinajstić information content (AvgIpc) is 3.48. The molecule has 3 aromatic rings. The van der Waals surface area contributed by atoms with Crippen LogP contribution in [0.3, 0.4) is 0 Å². The number of methoxy groups -OCH3 is 2. The lowest BCUT2D eigenvalue weighted by molar-refractivity contribution is 0.0620. The fourth-order valence-electron chi connectivity index (χ4n) is 4.91. The molecule has 0 radical (unpaired) electrons. The average molecular weight is 465 g/mol. The second-order valence-electron chi connectivity index (χ2n) is 8.76. The Bertz CT molecular complexity index is 1180. The molecule has 7 nitrogen and oxygen atoms in total. The van der Waals surface area contributed by atoms with Crippen LogP contribution in [0.1, 0.15) is 33.7 Å². The van der Waals surface area contributed by atoms with E-state index in [0.717, 1.165) is 72.9 Å². The van der Waals surface area contributed by atoms with Crippen molar-refractivity contribution in [3.63, 3.8) is 0 Å². The molecule has 34 heavy (non-hydrogen) atoms. The Morgan fingerprint density at radius 1 is 1.00 bits per heavy atom. The Labute approximate surface area is 198 Å². The van der Waals surface area contributed by atoms with E-state index in [1.807, 2.05) is 27.8 Å². The number of hydrogen-bond acceptors (Lipinski definition) is 5. The van der Waals surface area contributed by atoms with Gasteiger partial charge >= 0.3 is 0 Å². The van der Waals surface area contributed by atoms with Gasteiger partial charge in [-0.15, -0.1) is 0 Å². The zero-order chi connectivity index (χ0) is 23.7. The minimum absolute atomic E-state index is 0.0161. The van der Waals surface area contributed by atoms with Crippen LogP contribution in [-0.2, 0) is 19.4 Å². The molecule has 1 aliphatic heterocycles. The first-order valence-corrected chi connectivity index (χ1v) is 11.7. The molecule has 2 aromatic carbocycles. The zero-order valence-electron chi connectivity index (χ0n) is 19.6. The largest absolute Gasteiger partial charge is 0.497 e. The lowest BCUT2D eigenvalue weighted by Crippen LogP contribution is -2.48. The number of rotatable bonds is 6. The van der Waals surface area contributed by atoms with E-state index in [9.17, 15) is 9.18 Å². The standard InChI is InChI=1S/C26H29FN4O3/c1-33-21-10-11-24(34-2)18(16-21)17-29-12-14-30(15-13-29)26(32)25-22-4-3-5-23(22)31(28-25)20-8-6-19(27)7-9-20/h6-11,16H,3-5,12-15,17H2,1-2H3. The van der Waals surface area contributed by atoms with Gasteiger partial charge in [0.1, 0.15) is 17.3 Å². The summed E-state index contributed by atoms with van der Waals surface area (Å²) in [6.07, 6.45) is 2.74. The lowest BCUT2D eigenvalue weighted by Gasteiger charge is -2.34. The summed E-state index contributed by atoms with van der Waals surface area (Å²) in [4.78, 5) is 17.7. The molecule has 0 N–H and O–H groups in total. The topological polar surface area (TPSA) is 59.8 Å². The Hall–Kier alpha value is -3.39. The molecular formula is C26H29FN4O3. The monoisotopic (exact) mass is 464 g/mol. The van der Waals surface area contributed by atoms with Crippen LogP contribution in [0.5, 0.6) is 11.5 Å². The van der Waals surface area contributed by atoms with Gasteiger partial charge in [0.2, 0.25) is 0 Å². The van der Waals surface area contributed by atoms with Crippen molar-refractivity contribution in [2.24, 2.45) is 0 Å². The van der Waals surface area contributed by atoms with Gasteiger partial charge in [0.25, 0.3) is 5.91 Å². The van der Waals surface area contributed by atoms with Crippen molar-refractivity contribution in [2.75, 3.05) is 40.4 Å². The summed E-state index contributed by atoms with van der Waals surface area (Å²) < 4.78 is 26.1. The van der Waals surface area contributed by atoms with Gasteiger partial charge < -0.3 is 14.4 Å². The molecule has 1 aromatic heterocycles. The SMILES string of the molecule is COc1ccc(OC)c(CN2CCN(C(=O)c3nn(-c4ccc(F)cc4)c4c3CCC4)CC2)c1. The molecule has 1 saturated heterocycles. The number of aromatic nitrogens is 2. The molecule has 1 amide bonds. The number of hydrogen-bond donors (Lipinski definition) is 0. The van der Waals surface area contributed by atoms with Crippen LogP contribution in [0.2, 0.25) is 0 Å². The van der Waals surface area contributed by atoms with Gasteiger partial charge in [0.05, 0.1) is 19.9 Å². The quantitative estimate of drug-likeness (QED) is 0.559. The van der Waals surface area contributed by atoms with Gasteiger partial charge in [-0.3, -0.25) is 9.69 Å². The van der Waals surface area contributed by atoms with Crippen molar-refractivity contribution >= 4 is 5.91 Å². The van der Waals surface area contributed by atoms with Crippen LogP contribution in [-0.4, -0.2) is 65.9 Å². The molecule has 1 fully saturated rings. The molecule has 0 spiro atoms. The highest BCUT2D eigenvalue weighted by Gasteiger charge is 2.31. The van der Waals surface area contributed by atoms with Crippen LogP contribution < -0.4 is 9.47 Å². The second-order valence-corrected chi connectivity index (χ2v) is 8.76. The number of carbonyl (C=O) groups excluding carboxylic acids is 1. The first-order chi connectivity index (χ1) is 16.6. The summed E-state index contributed by atoms with van der Waals surface area (Å²) in [6.45, 7) is 3.56. The second kappa shape index (κ2) is 9.46. The van der Waals surface area contributed by atoms with Crippen molar-refractivity contribution in [3.8, 4) is 17.2 Å². The number of nitrogens with zero attached hydrogens (tertiary/aromatic N) is 4. The Balaban J connectivity index is 1.29. The number of carbonyl (C=O) groups is 1. The lowest BCUT2D eigenvalue weighted by atomic mass is 10.1. The van der Waals surface area contributed by atoms with Gasteiger partial charge in [0, 0.05) is 49.5 Å². The highest BCUT2D eigenvalue weighted by molar-refractivity contribution is 5.94. The normalized spacial score (nSPS) is 15.9. The number of halogens is 1. The third kappa shape index (κ3) is 4.25. The molecule has 178 valence electrons. The van der Waals surface area contributed by atoms with Crippen molar-refractivity contribution < 1.29 is 18.7 Å². The molecule has 0 atom stereocenters. The van der Waals surface area contributed by atoms with E-state index in [-0.39, 0.29) is 11.7 Å². The smallest absolute Gasteiger partial charge is 0.274 e. The van der Waals surface area contributed by atoms with Gasteiger partial charge in [-0.25, -0.2) is 9.07 Å². The summed E-state index contributed by atoms with van der Waals surface area (Å²) in [7, 11) is 3.33. The molecule has 1 aliphatic carbocycles. The molecule has 5 rings (SSSR count). The fourth-order valence-corrected chi connectivity index (χ4v) is 4.91. The van der Waals surface area contributed by atoms with Crippen LogP contribution in [0.25, 0.3) is 5.69 Å². The minimum atomic E-state index is -0.284. The summed E-state index contributed by atoms with van der Waals surface area (Å²) in [5, 5.41) is 4.69. The number of ether oxygens (including phenoxy) is 2. The molecule has 0 bridgehead atoms. The number of benzene rings is 2. The first-order valence-electron chi connectivity index (χ1n) is 11.7. The molecule has 2 aliphatic rings. The summed E-state index contributed by atoms with van der Waals surface area (Å²) >= 11 is 0.